The average molecular weight is 391 g/mol. The number of sulfone groups is 1. The topological polar surface area (TPSA) is 111 Å². The van der Waals surface area contributed by atoms with Crippen molar-refractivity contribution in [3.63, 3.8) is 0 Å². The molecule has 0 aliphatic carbocycles. The summed E-state index contributed by atoms with van der Waals surface area (Å²) in [6.07, 6.45) is 0.572. The molecule has 0 saturated carbocycles. The number of ether oxygens (including phenoxy) is 1. The fourth-order valence-corrected chi connectivity index (χ4v) is 5.96. The second-order valence-corrected chi connectivity index (χ2v) is 9.60. The van der Waals surface area contributed by atoms with Crippen LogP contribution in [0.5, 0.6) is 5.75 Å². The number of aryl methyl sites for hydroxylation is 2. The van der Waals surface area contributed by atoms with Crippen LogP contribution in [-0.4, -0.2) is 40.7 Å². The largest absolute Gasteiger partial charge is 0.426 e. The summed E-state index contributed by atoms with van der Waals surface area (Å²) in [5, 5.41) is 4.57. The van der Waals surface area contributed by atoms with Gasteiger partial charge in [-0.05, 0) is 27.2 Å². The number of aromatic nitrogens is 3. The monoisotopic (exact) mass is 391 g/mol. The molecule has 2 aliphatic rings. The molecule has 2 aliphatic heterocycles. The summed E-state index contributed by atoms with van der Waals surface area (Å²) in [6.45, 7) is 5.42. The number of pyridine rings is 1. The lowest BCUT2D eigenvalue weighted by atomic mass is 9.85. The Bertz CT molecular complexity index is 1110. The third-order valence-electron chi connectivity index (χ3n) is 5.40. The molecule has 2 atom stereocenters. The first kappa shape index (κ1) is 18.0. The van der Waals surface area contributed by atoms with Gasteiger partial charge in [0.05, 0.1) is 35.2 Å². The van der Waals surface area contributed by atoms with Crippen molar-refractivity contribution in [2.75, 3.05) is 11.5 Å². The second kappa shape index (κ2) is 6.05. The number of hydrogen-bond acceptors (Lipinski definition) is 6. The van der Waals surface area contributed by atoms with E-state index < -0.39 is 21.7 Å². The molecule has 4 rings (SSSR count). The van der Waals surface area contributed by atoms with Gasteiger partial charge in [-0.25, -0.2) is 8.42 Å². The van der Waals surface area contributed by atoms with Gasteiger partial charge in [0.2, 0.25) is 0 Å². The van der Waals surface area contributed by atoms with Crippen molar-refractivity contribution in [2.24, 2.45) is 0 Å². The Labute approximate surface area is 156 Å². The Kier molecular flexibility index (Phi) is 4.03. The summed E-state index contributed by atoms with van der Waals surface area (Å²) in [5.74, 6) is -0.349. The lowest BCUT2D eigenvalue weighted by Gasteiger charge is -2.24. The molecule has 1 fully saturated rings. The first-order valence-corrected chi connectivity index (χ1v) is 10.7. The number of H-pyrrole nitrogens is 1. The molecule has 4 heterocycles. The van der Waals surface area contributed by atoms with Gasteiger partial charge in [0.15, 0.2) is 9.84 Å². The number of fused-ring (bicyclic) bond motifs is 1. The number of esters is 1. The molecule has 0 bridgehead atoms. The zero-order chi connectivity index (χ0) is 19.5. The number of carbonyl (C=O) groups excluding carboxylic acids is 1. The predicted molar refractivity (Wildman–Crippen MR) is 97.9 cm³/mol. The molecule has 1 N–H and O–H groups in total. The minimum atomic E-state index is -3.05. The summed E-state index contributed by atoms with van der Waals surface area (Å²) in [5.41, 5.74) is 3.05. The van der Waals surface area contributed by atoms with Gasteiger partial charge in [0, 0.05) is 28.9 Å². The van der Waals surface area contributed by atoms with Crippen molar-refractivity contribution in [2.45, 2.75) is 45.6 Å². The lowest BCUT2D eigenvalue weighted by molar-refractivity contribution is -0.135. The van der Waals surface area contributed by atoms with Crippen LogP contribution in [0.4, 0.5) is 0 Å². The molecule has 0 spiro atoms. The van der Waals surface area contributed by atoms with Crippen LogP contribution in [0.2, 0.25) is 0 Å². The van der Waals surface area contributed by atoms with Crippen LogP contribution in [0.15, 0.2) is 10.9 Å². The van der Waals surface area contributed by atoms with Crippen molar-refractivity contribution in [1.82, 2.24) is 14.8 Å². The predicted octanol–water partition coefficient (Wildman–Crippen LogP) is 1.30. The van der Waals surface area contributed by atoms with Crippen LogP contribution < -0.4 is 10.3 Å². The van der Waals surface area contributed by atoms with Crippen molar-refractivity contribution in [1.29, 1.82) is 0 Å². The molecule has 0 unspecified atom stereocenters. The molecular weight excluding hydrogens is 370 g/mol. The number of nitrogens with zero attached hydrogens (tertiary/aromatic N) is 2. The second-order valence-electron chi connectivity index (χ2n) is 7.38. The summed E-state index contributed by atoms with van der Waals surface area (Å²) in [4.78, 5) is 27.5. The van der Waals surface area contributed by atoms with Crippen LogP contribution in [0.25, 0.3) is 0 Å². The van der Waals surface area contributed by atoms with E-state index in [1.165, 1.54) is 0 Å². The maximum atomic E-state index is 12.6. The van der Waals surface area contributed by atoms with Gasteiger partial charge in [0.25, 0.3) is 5.56 Å². The van der Waals surface area contributed by atoms with Gasteiger partial charge < -0.3 is 9.72 Å². The van der Waals surface area contributed by atoms with E-state index in [-0.39, 0.29) is 35.3 Å². The van der Waals surface area contributed by atoms with Gasteiger partial charge in [0.1, 0.15) is 5.75 Å². The molecule has 0 aromatic carbocycles. The third-order valence-corrected chi connectivity index (χ3v) is 7.15. The van der Waals surface area contributed by atoms with E-state index >= 15 is 0 Å². The molecule has 27 heavy (non-hydrogen) atoms. The van der Waals surface area contributed by atoms with Gasteiger partial charge >= 0.3 is 5.97 Å². The lowest BCUT2D eigenvalue weighted by Crippen LogP contribution is -2.29. The molecule has 9 heteroatoms. The van der Waals surface area contributed by atoms with Crippen LogP contribution in [0, 0.1) is 20.8 Å². The smallest absolute Gasteiger partial charge is 0.312 e. The number of hydrogen-bond donors (Lipinski definition) is 1. The summed E-state index contributed by atoms with van der Waals surface area (Å²) in [7, 11) is -3.05. The molecule has 8 nitrogen and oxygen atoms in total. The Balaban J connectivity index is 1.84. The van der Waals surface area contributed by atoms with Crippen molar-refractivity contribution in [3.05, 3.63) is 44.6 Å². The van der Waals surface area contributed by atoms with Crippen molar-refractivity contribution >= 4 is 15.8 Å². The minimum absolute atomic E-state index is 0.0511. The zero-order valence-electron chi connectivity index (χ0n) is 15.4. The average Bonchev–Trinajstić information content (AvgIpc) is 3.04. The van der Waals surface area contributed by atoms with E-state index in [2.05, 4.69) is 10.1 Å². The Morgan fingerprint density at radius 3 is 2.63 bits per heavy atom. The van der Waals surface area contributed by atoms with Gasteiger partial charge in [-0.3, -0.25) is 14.3 Å². The zero-order valence-corrected chi connectivity index (χ0v) is 16.2. The van der Waals surface area contributed by atoms with Crippen LogP contribution >= 0.6 is 0 Å². The fourth-order valence-electron chi connectivity index (χ4n) is 4.27. The molecule has 1 saturated heterocycles. The normalized spacial score (nSPS) is 23.9. The standard InChI is InChI=1S/C18H21N3O5S/c1-9-6-14-17(18(23)19-9)13(7-15(22)26-14)16-10(2)20-21(11(16)3)12-4-5-27(24,25)8-12/h6,12-13H,4-5,7-8H2,1-3H3,(H,19,23)/t12-,13+/m0/s1. The molecular formula is C18H21N3O5S. The van der Waals surface area contributed by atoms with E-state index in [0.29, 0.717) is 23.4 Å². The van der Waals surface area contributed by atoms with E-state index in [9.17, 15) is 18.0 Å². The van der Waals surface area contributed by atoms with E-state index in [4.69, 9.17) is 4.74 Å². The summed E-state index contributed by atoms with van der Waals surface area (Å²) >= 11 is 0. The van der Waals surface area contributed by atoms with Crippen LogP contribution in [0.3, 0.4) is 0 Å². The summed E-state index contributed by atoms with van der Waals surface area (Å²) < 4.78 is 30.7. The maximum Gasteiger partial charge on any atom is 0.312 e. The molecule has 144 valence electrons. The molecule has 2 aromatic heterocycles. The first-order valence-electron chi connectivity index (χ1n) is 8.87. The third kappa shape index (κ3) is 2.99. The Morgan fingerprint density at radius 1 is 1.22 bits per heavy atom. The fraction of sp³-hybridized carbons (Fsp3) is 0.500. The van der Waals surface area contributed by atoms with Crippen LogP contribution in [0.1, 0.15) is 53.0 Å². The highest BCUT2D eigenvalue weighted by molar-refractivity contribution is 7.91. The Hall–Kier alpha value is -2.42. The highest BCUT2D eigenvalue weighted by Crippen LogP contribution is 2.40. The molecule has 0 radical (unpaired) electrons. The van der Waals surface area contributed by atoms with Gasteiger partial charge in [-0.2, -0.15) is 5.10 Å². The highest BCUT2D eigenvalue weighted by Gasteiger charge is 2.37. The molecule has 2 aromatic rings. The van der Waals surface area contributed by atoms with Gasteiger partial charge in [-0.1, -0.05) is 0 Å². The van der Waals surface area contributed by atoms with E-state index in [1.54, 1.807) is 17.7 Å². The van der Waals surface area contributed by atoms with Crippen LogP contribution in [-0.2, 0) is 14.6 Å². The number of carbonyl (C=O) groups is 1. The maximum absolute atomic E-state index is 12.6. The van der Waals surface area contributed by atoms with Crippen molar-refractivity contribution < 1.29 is 17.9 Å². The highest BCUT2D eigenvalue weighted by atomic mass is 32.2. The Morgan fingerprint density at radius 2 is 1.96 bits per heavy atom. The minimum Gasteiger partial charge on any atom is -0.426 e. The van der Waals surface area contributed by atoms with E-state index in [0.717, 1.165) is 11.3 Å². The van der Waals surface area contributed by atoms with E-state index in [1.807, 2.05) is 13.8 Å². The summed E-state index contributed by atoms with van der Waals surface area (Å²) in [6, 6.07) is 1.44. The number of aromatic amines is 1. The molecule has 0 amide bonds. The SMILES string of the molecule is Cc1cc2c(c(=O)[nH]1)[C@@H](c1c(C)nn([C@H]3CCS(=O)(=O)C3)c1C)CC(=O)O2. The van der Waals surface area contributed by atoms with Crippen molar-refractivity contribution in [3.8, 4) is 5.75 Å². The number of rotatable bonds is 2. The number of nitrogens with one attached hydrogen (secondary N) is 1. The quantitative estimate of drug-likeness (QED) is 0.773. The van der Waals surface area contributed by atoms with Gasteiger partial charge in [-0.15, -0.1) is 0 Å². The first-order chi connectivity index (χ1) is 12.7.